The molecule has 0 unspecified atom stereocenters. The van der Waals surface area contributed by atoms with E-state index in [9.17, 15) is 14.0 Å². The number of nitrogens with zero attached hydrogens (tertiary/aromatic N) is 2. The molecule has 4 nitrogen and oxygen atoms in total. The van der Waals surface area contributed by atoms with Crippen LogP contribution in [-0.4, -0.2) is 34.5 Å². The molecule has 2 heterocycles. The third-order valence-electron chi connectivity index (χ3n) is 5.69. The van der Waals surface area contributed by atoms with Gasteiger partial charge in [0.05, 0.1) is 22.3 Å². The second kappa shape index (κ2) is 8.20. The third-order valence-corrected chi connectivity index (χ3v) is 6.52. The molecule has 1 aliphatic heterocycles. The topological polar surface area (TPSA) is 50.3 Å². The smallest absolute Gasteiger partial charge is 0.261 e. The van der Waals surface area contributed by atoms with Crippen molar-refractivity contribution in [2.75, 3.05) is 12.8 Å². The van der Waals surface area contributed by atoms with Gasteiger partial charge in [0.25, 0.3) is 11.8 Å². The number of imide groups is 1. The van der Waals surface area contributed by atoms with Gasteiger partial charge in [0.2, 0.25) is 0 Å². The van der Waals surface area contributed by atoms with Crippen LogP contribution in [0.1, 0.15) is 26.4 Å². The van der Waals surface area contributed by atoms with Crippen molar-refractivity contribution in [3.8, 4) is 11.1 Å². The van der Waals surface area contributed by atoms with E-state index in [1.807, 2.05) is 36.6 Å². The quantitative estimate of drug-likeness (QED) is 0.298. The van der Waals surface area contributed by atoms with E-state index in [0.29, 0.717) is 23.1 Å². The number of carbonyl (C=O) groups is 2. The van der Waals surface area contributed by atoms with Crippen LogP contribution in [0.5, 0.6) is 0 Å². The molecule has 0 spiro atoms. The first kappa shape index (κ1) is 20.4. The lowest BCUT2D eigenvalue weighted by Gasteiger charge is -2.19. The van der Waals surface area contributed by atoms with Gasteiger partial charge in [0, 0.05) is 28.8 Å². The average Bonchev–Trinajstić information content (AvgIpc) is 3.07. The predicted molar refractivity (Wildman–Crippen MR) is 124 cm³/mol. The first-order valence-corrected chi connectivity index (χ1v) is 11.5. The molecule has 32 heavy (non-hydrogen) atoms. The molecule has 0 saturated carbocycles. The van der Waals surface area contributed by atoms with E-state index in [2.05, 4.69) is 0 Å². The van der Waals surface area contributed by atoms with Crippen LogP contribution in [0.2, 0.25) is 0 Å². The van der Waals surface area contributed by atoms with Crippen molar-refractivity contribution in [1.29, 1.82) is 0 Å². The van der Waals surface area contributed by atoms with Gasteiger partial charge in [-0.05, 0) is 42.2 Å². The summed E-state index contributed by atoms with van der Waals surface area (Å²) in [5, 5.41) is 0.751. The monoisotopic (exact) mass is 442 g/mol. The fourth-order valence-electron chi connectivity index (χ4n) is 4.21. The number of thioether (sulfide) groups is 1. The SMILES string of the molecule is CSc1c(-c2ccccc2)c(CCN2C(=O)c3ccccc3C2=O)nc2ccc(F)cc12. The Kier molecular flexibility index (Phi) is 5.23. The van der Waals surface area contributed by atoms with Crippen molar-refractivity contribution in [2.24, 2.45) is 0 Å². The molecule has 0 N–H and O–H groups in total. The van der Waals surface area contributed by atoms with Crippen LogP contribution < -0.4 is 0 Å². The summed E-state index contributed by atoms with van der Waals surface area (Å²) >= 11 is 1.54. The van der Waals surface area contributed by atoms with E-state index in [1.165, 1.54) is 28.8 Å². The molecule has 158 valence electrons. The predicted octanol–water partition coefficient (Wildman–Crippen LogP) is 5.60. The molecular formula is C26H19FN2O2S. The van der Waals surface area contributed by atoms with Gasteiger partial charge in [0.15, 0.2) is 0 Å². The van der Waals surface area contributed by atoms with Crippen LogP contribution in [0, 0.1) is 5.82 Å². The normalized spacial score (nSPS) is 13.1. The lowest BCUT2D eigenvalue weighted by atomic mass is 9.99. The fourth-order valence-corrected chi connectivity index (χ4v) is 5.03. The number of halogens is 1. The molecule has 0 atom stereocenters. The maximum Gasteiger partial charge on any atom is 0.261 e. The number of pyridine rings is 1. The van der Waals surface area contributed by atoms with Gasteiger partial charge in [-0.15, -0.1) is 11.8 Å². The number of hydrogen-bond donors (Lipinski definition) is 0. The van der Waals surface area contributed by atoms with Crippen molar-refractivity contribution in [2.45, 2.75) is 11.3 Å². The summed E-state index contributed by atoms with van der Waals surface area (Å²) in [6, 6.07) is 21.3. The Labute approximate surface area is 189 Å². The van der Waals surface area contributed by atoms with Crippen molar-refractivity contribution in [1.82, 2.24) is 9.88 Å². The van der Waals surface area contributed by atoms with Gasteiger partial charge in [-0.1, -0.05) is 42.5 Å². The molecular weight excluding hydrogens is 423 g/mol. The second-order valence-corrected chi connectivity index (χ2v) is 8.37. The summed E-state index contributed by atoms with van der Waals surface area (Å²) in [4.78, 5) is 32.6. The maximum absolute atomic E-state index is 14.0. The molecule has 2 amide bonds. The van der Waals surface area contributed by atoms with E-state index in [0.717, 1.165) is 27.1 Å². The largest absolute Gasteiger partial charge is 0.274 e. The van der Waals surface area contributed by atoms with Crippen LogP contribution in [0.15, 0.2) is 77.7 Å². The molecule has 0 radical (unpaired) electrons. The van der Waals surface area contributed by atoms with Crippen molar-refractivity contribution < 1.29 is 14.0 Å². The number of amides is 2. The van der Waals surface area contributed by atoms with Gasteiger partial charge < -0.3 is 0 Å². The minimum Gasteiger partial charge on any atom is -0.274 e. The van der Waals surface area contributed by atoms with E-state index < -0.39 is 0 Å². The number of benzene rings is 3. The fraction of sp³-hybridized carbons (Fsp3) is 0.115. The second-order valence-electron chi connectivity index (χ2n) is 7.55. The molecule has 3 aromatic carbocycles. The zero-order valence-electron chi connectivity index (χ0n) is 17.3. The Hall–Kier alpha value is -3.51. The highest BCUT2D eigenvalue weighted by Crippen LogP contribution is 2.38. The minimum absolute atomic E-state index is 0.222. The van der Waals surface area contributed by atoms with E-state index in [1.54, 1.807) is 30.3 Å². The van der Waals surface area contributed by atoms with Gasteiger partial charge in [0.1, 0.15) is 5.82 Å². The summed E-state index contributed by atoms with van der Waals surface area (Å²) < 4.78 is 14.0. The first-order valence-electron chi connectivity index (χ1n) is 10.2. The number of hydrogen-bond acceptors (Lipinski definition) is 4. The molecule has 1 aromatic heterocycles. The van der Waals surface area contributed by atoms with Crippen molar-refractivity contribution in [3.63, 3.8) is 0 Å². The Morgan fingerprint density at radius 3 is 2.22 bits per heavy atom. The lowest BCUT2D eigenvalue weighted by molar-refractivity contribution is 0.0656. The van der Waals surface area contributed by atoms with E-state index in [-0.39, 0.29) is 24.2 Å². The molecule has 0 saturated heterocycles. The summed E-state index contributed by atoms with van der Waals surface area (Å²) in [5.41, 5.74) is 4.21. The lowest BCUT2D eigenvalue weighted by Crippen LogP contribution is -2.32. The van der Waals surface area contributed by atoms with Gasteiger partial charge >= 0.3 is 0 Å². The maximum atomic E-state index is 14.0. The number of carbonyl (C=O) groups excluding carboxylic acids is 2. The summed E-state index contributed by atoms with van der Waals surface area (Å²) in [6.45, 7) is 0.222. The summed E-state index contributed by atoms with van der Waals surface area (Å²) in [6.07, 6.45) is 2.36. The third kappa shape index (κ3) is 3.37. The molecule has 4 aromatic rings. The van der Waals surface area contributed by atoms with E-state index >= 15 is 0 Å². The Bertz CT molecular complexity index is 1340. The molecule has 0 fully saturated rings. The Morgan fingerprint density at radius 2 is 1.56 bits per heavy atom. The van der Waals surface area contributed by atoms with Crippen LogP contribution in [0.3, 0.4) is 0 Å². The van der Waals surface area contributed by atoms with Crippen molar-refractivity contribution >= 4 is 34.5 Å². The summed E-state index contributed by atoms with van der Waals surface area (Å²) in [7, 11) is 0. The number of fused-ring (bicyclic) bond motifs is 2. The van der Waals surface area contributed by atoms with Crippen LogP contribution in [-0.2, 0) is 6.42 Å². The molecule has 6 heteroatoms. The minimum atomic E-state index is -0.313. The van der Waals surface area contributed by atoms with Crippen LogP contribution >= 0.6 is 11.8 Å². The highest BCUT2D eigenvalue weighted by Gasteiger charge is 2.35. The number of aromatic nitrogens is 1. The highest BCUT2D eigenvalue weighted by molar-refractivity contribution is 7.99. The van der Waals surface area contributed by atoms with Crippen molar-refractivity contribution in [3.05, 3.63) is 95.4 Å². The molecule has 5 rings (SSSR count). The van der Waals surface area contributed by atoms with Crippen LogP contribution in [0.25, 0.3) is 22.0 Å². The van der Waals surface area contributed by atoms with Crippen LogP contribution in [0.4, 0.5) is 4.39 Å². The molecule has 0 aliphatic carbocycles. The highest BCUT2D eigenvalue weighted by atomic mass is 32.2. The molecule has 0 bridgehead atoms. The zero-order valence-corrected chi connectivity index (χ0v) is 18.2. The molecule has 1 aliphatic rings. The van der Waals surface area contributed by atoms with E-state index in [4.69, 9.17) is 4.98 Å². The van der Waals surface area contributed by atoms with Gasteiger partial charge in [-0.25, -0.2) is 4.39 Å². The first-order chi connectivity index (χ1) is 15.6. The number of rotatable bonds is 5. The Balaban J connectivity index is 1.59. The van der Waals surface area contributed by atoms with Gasteiger partial charge in [-0.2, -0.15) is 0 Å². The Morgan fingerprint density at radius 1 is 0.906 bits per heavy atom. The standard InChI is InChI=1S/C26H19FN2O2S/c1-32-24-20-15-17(27)11-12-21(20)28-22(23(24)16-7-3-2-4-8-16)13-14-29-25(30)18-9-5-6-10-19(18)26(29)31/h2-12,15H,13-14H2,1H3. The summed E-state index contributed by atoms with van der Waals surface area (Å²) in [5.74, 6) is -0.869. The average molecular weight is 443 g/mol. The zero-order chi connectivity index (χ0) is 22.2. The van der Waals surface area contributed by atoms with Gasteiger partial charge in [-0.3, -0.25) is 19.5 Å².